The summed E-state index contributed by atoms with van der Waals surface area (Å²) in [6, 6.07) is 5.55. The summed E-state index contributed by atoms with van der Waals surface area (Å²) in [5, 5.41) is 0. The lowest BCUT2D eigenvalue weighted by molar-refractivity contribution is -0.122. The van der Waals surface area contributed by atoms with Crippen molar-refractivity contribution >= 4 is 5.91 Å². The van der Waals surface area contributed by atoms with E-state index < -0.39 is 0 Å². The smallest absolute Gasteiger partial charge is 0.223 e. The third-order valence-corrected chi connectivity index (χ3v) is 2.78. The summed E-state index contributed by atoms with van der Waals surface area (Å²) < 4.78 is 10.8. The van der Waals surface area contributed by atoms with E-state index in [9.17, 15) is 4.79 Å². The number of carbonyl (C=O) groups excluding carboxylic acids is 1. The molecule has 106 valence electrons. The SMILES string of the molecule is COc1ccc(OCC(C)C(N)=O)c(CC(C)N)c1. The summed E-state index contributed by atoms with van der Waals surface area (Å²) in [6.45, 7) is 3.92. The standard InChI is InChI=1S/C14H22N2O3/c1-9(14(16)17)8-19-13-5-4-12(18-3)7-11(13)6-10(2)15/h4-5,7,9-10H,6,8,15H2,1-3H3,(H2,16,17). The van der Waals surface area contributed by atoms with Gasteiger partial charge in [-0.05, 0) is 37.1 Å². The summed E-state index contributed by atoms with van der Waals surface area (Å²) in [7, 11) is 1.61. The summed E-state index contributed by atoms with van der Waals surface area (Å²) in [5.74, 6) is 0.768. The lowest BCUT2D eigenvalue weighted by atomic mass is 10.1. The molecule has 5 heteroatoms. The van der Waals surface area contributed by atoms with Crippen LogP contribution < -0.4 is 20.9 Å². The van der Waals surface area contributed by atoms with Crippen LogP contribution in [0.4, 0.5) is 0 Å². The third-order valence-electron chi connectivity index (χ3n) is 2.78. The van der Waals surface area contributed by atoms with Gasteiger partial charge in [0.15, 0.2) is 0 Å². The zero-order valence-corrected chi connectivity index (χ0v) is 11.7. The van der Waals surface area contributed by atoms with Crippen LogP contribution in [-0.4, -0.2) is 25.7 Å². The average Bonchev–Trinajstić information content (AvgIpc) is 2.35. The molecule has 19 heavy (non-hydrogen) atoms. The van der Waals surface area contributed by atoms with Crippen molar-refractivity contribution in [1.29, 1.82) is 0 Å². The fourth-order valence-corrected chi connectivity index (χ4v) is 1.63. The highest BCUT2D eigenvalue weighted by atomic mass is 16.5. The average molecular weight is 266 g/mol. The normalized spacial score (nSPS) is 13.7. The van der Waals surface area contributed by atoms with Gasteiger partial charge in [-0.25, -0.2) is 0 Å². The summed E-state index contributed by atoms with van der Waals surface area (Å²) in [4.78, 5) is 11.0. The summed E-state index contributed by atoms with van der Waals surface area (Å²) >= 11 is 0. The molecule has 0 aliphatic carbocycles. The Bertz CT molecular complexity index is 433. The van der Waals surface area contributed by atoms with Gasteiger partial charge in [0.1, 0.15) is 11.5 Å². The Kier molecular flexibility index (Phi) is 5.63. The molecule has 2 unspecified atom stereocenters. The summed E-state index contributed by atoms with van der Waals surface area (Å²) in [6.07, 6.45) is 0.678. The van der Waals surface area contributed by atoms with Crippen molar-refractivity contribution in [3.05, 3.63) is 23.8 Å². The predicted molar refractivity (Wildman–Crippen MR) is 74.2 cm³/mol. The summed E-state index contributed by atoms with van der Waals surface area (Å²) in [5.41, 5.74) is 12.0. The van der Waals surface area contributed by atoms with Crippen LogP contribution in [0.1, 0.15) is 19.4 Å². The molecular weight excluding hydrogens is 244 g/mol. The maximum atomic E-state index is 11.0. The second kappa shape index (κ2) is 6.99. The molecular formula is C14H22N2O3. The van der Waals surface area contributed by atoms with Crippen molar-refractivity contribution in [2.75, 3.05) is 13.7 Å². The van der Waals surface area contributed by atoms with Crippen molar-refractivity contribution < 1.29 is 14.3 Å². The van der Waals surface area contributed by atoms with Gasteiger partial charge in [-0.3, -0.25) is 4.79 Å². The van der Waals surface area contributed by atoms with Gasteiger partial charge >= 0.3 is 0 Å². The topological polar surface area (TPSA) is 87.6 Å². The zero-order valence-electron chi connectivity index (χ0n) is 11.7. The lowest BCUT2D eigenvalue weighted by Gasteiger charge is -2.16. The van der Waals surface area contributed by atoms with Crippen LogP contribution in [0.15, 0.2) is 18.2 Å². The highest BCUT2D eigenvalue weighted by Crippen LogP contribution is 2.25. The van der Waals surface area contributed by atoms with E-state index >= 15 is 0 Å². The van der Waals surface area contributed by atoms with E-state index in [1.54, 1.807) is 14.0 Å². The molecule has 0 aliphatic heterocycles. The van der Waals surface area contributed by atoms with Gasteiger partial charge in [0.25, 0.3) is 0 Å². The molecule has 2 atom stereocenters. The van der Waals surface area contributed by atoms with E-state index in [1.807, 2.05) is 25.1 Å². The third kappa shape index (κ3) is 4.79. The van der Waals surface area contributed by atoms with Gasteiger partial charge in [-0.2, -0.15) is 0 Å². The molecule has 0 spiro atoms. The van der Waals surface area contributed by atoms with Gasteiger partial charge in [-0.1, -0.05) is 6.92 Å². The molecule has 1 aromatic carbocycles. The number of ether oxygens (including phenoxy) is 2. The van der Waals surface area contributed by atoms with Crippen molar-refractivity contribution in [1.82, 2.24) is 0 Å². The number of carbonyl (C=O) groups is 1. The number of nitrogens with two attached hydrogens (primary N) is 2. The zero-order chi connectivity index (χ0) is 14.4. The molecule has 0 aromatic heterocycles. The van der Waals surface area contributed by atoms with Crippen LogP contribution in [0.5, 0.6) is 11.5 Å². The van der Waals surface area contributed by atoms with Crippen molar-refractivity contribution in [2.45, 2.75) is 26.3 Å². The molecule has 0 aliphatic rings. The lowest BCUT2D eigenvalue weighted by Crippen LogP contribution is -2.26. The molecule has 0 radical (unpaired) electrons. The second-order valence-electron chi connectivity index (χ2n) is 4.77. The number of methoxy groups -OCH3 is 1. The van der Waals surface area contributed by atoms with Gasteiger partial charge in [0, 0.05) is 6.04 Å². The van der Waals surface area contributed by atoms with Crippen molar-refractivity contribution in [2.24, 2.45) is 17.4 Å². The molecule has 1 rings (SSSR count). The predicted octanol–water partition coefficient (Wildman–Crippen LogP) is 1.09. The van der Waals surface area contributed by atoms with Crippen LogP contribution >= 0.6 is 0 Å². The Labute approximate surface area is 113 Å². The van der Waals surface area contributed by atoms with E-state index in [2.05, 4.69) is 0 Å². The quantitative estimate of drug-likeness (QED) is 0.773. The molecule has 0 fully saturated rings. The maximum absolute atomic E-state index is 11.0. The molecule has 4 N–H and O–H groups in total. The minimum absolute atomic E-state index is 0.0167. The largest absolute Gasteiger partial charge is 0.497 e. The van der Waals surface area contributed by atoms with E-state index in [0.29, 0.717) is 12.2 Å². The number of rotatable bonds is 7. The van der Waals surface area contributed by atoms with E-state index in [-0.39, 0.29) is 24.5 Å². The Balaban J connectivity index is 2.83. The van der Waals surface area contributed by atoms with Crippen LogP contribution in [0.3, 0.4) is 0 Å². The van der Waals surface area contributed by atoms with Gasteiger partial charge < -0.3 is 20.9 Å². The van der Waals surface area contributed by atoms with Crippen LogP contribution in [0, 0.1) is 5.92 Å². The fourth-order valence-electron chi connectivity index (χ4n) is 1.63. The number of hydrogen-bond acceptors (Lipinski definition) is 4. The number of amides is 1. The number of benzene rings is 1. The van der Waals surface area contributed by atoms with E-state index in [1.165, 1.54) is 0 Å². The Morgan fingerprint density at radius 2 is 2.05 bits per heavy atom. The minimum atomic E-state index is -0.373. The monoisotopic (exact) mass is 266 g/mol. The second-order valence-corrected chi connectivity index (χ2v) is 4.77. The first-order chi connectivity index (χ1) is 8.93. The van der Waals surface area contributed by atoms with E-state index in [4.69, 9.17) is 20.9 Å². The van der Waals surface area contributed by atoms with Gasteiger partial charge in [0.05, 0.1) is 19.6 Å². The van der Waals surface area contributed by atoms with E-state index in [0.717, 1.165) is 11.3 Å². The highest BCUT2D eigenvalue weighted by Gasteiger charge is 2.12. The fraction of sp³-hybridized carbons (Fsp3) is 0.500. The van der Waals surface area contributed by atoms with Crippen LogP contribution in [-0.2, 0) is 11.2 Å². The molecule has 0 saturated carbocycles. The van der Waals surface area contributed by atoms with Gasteiger partial charge in [0.2, 0.25) is 5.91 Å². The Morgan fingerprint density at radius 3 is 2.58 bits per heavy atom. The first-order valence-electron chi connectivity index (χ1n) is 6.28. The first-order valence-corrected chi connectivity index (χ1v) is 6.28. The minimum Gasteiger partial charge on any atom is -0.497 e. The Morgan fingerprint density at radius 1 is 1.37 bits per heavy atom. The molecule has 0 bridgehead atoms. The van der Waals surface area contributed by atoms with Crippen molar-refractivity contribution in [3.63, 3.8) is 0 Å². The van der Waals surface area contributed by atoms with Crippen LogP contribution in [0.25, 0.3) is 0 Å². The molecule has 1 amide bonds. The number of hydrogen-bond donors (Lipinski definition) is 2. The van der Waals surface area contributed by atoms with Crippen molar-refractivity contribution in [3.8, 4) is 11.5 Å². The van der Waals surface area contributed by atoms with Crippen LogP contribution in [0.2, 0.25) is 0 Å². The maximum Gasteiger partial charge on any atom is 0.223 e. The van der Waals surface area contributed by atoms with Gasteiger partial charge in [-0.15, -0.1) is 0 Å². The first kappa shape index (κ1) is 15.3. The highest BCUT2D eigenvalue weighted by molar-refractivity contribution is 5.76. The number of primary amides is 1. The molecule has 0 saturated heterocycles. The Hall–Kier alpha value is -1.75. The molecule has 5 nitrogen and oxygen atoms in total. The molecule has 1 aromatic rings. The molecule has 0 heterocycles.